The van der Waals surface area contributed by atoms with Crippen LogP contribution in [0.15, 0.2) is 24.7 Å². The van der Waals surface area contributed by atoms with Gasteiger partial charge in [0.25, 0.3) is 0 Å². The Morgan fingerprint density at radius 1 is 1.39 bits per heavy atom. The zero-order valence-corrected chi connectivity index (χ0v) is 10.1. The number of pyridine rings is 1. The number of H-pyrrole nitrogens is 1. The molecule has 0 spiro atoms. The first-order chi connectivity index (χ1) is 8.79. The summed E-state index contributed by atoms with van der Waals surface area (Å²) in [6.07, 6.45) is 4.44. The molecule has 0 aliphatic rings. The van der Waals surface area contributed by atoms with Crippen molar-refractivity contribution in [3.63, 3.8) is 0 Å². The molecule has 18 heavy (non-hydrogen) atoms. The molecule has 0 aromatic carbocycles. The number of ether oxygens (including phenoxy) is 1. The molecule has 6 heteroatoms. The minimum Gasteiger partial charge on any atom is -0.383 e. The van der Waals surface area contributed by atoms with Gasteiger partial charge in [0.05, 0.1) is 31.2 Å². The molecule has 0 radical (unpaired) electrons. The fraction of sp³-hybridized carbons (Fsp3) is 0.333. The first-order valence-electron chi connectivity index (χ1n) is 5.64. The molecule has 0 atom stereocenters. The average molecular weight is 250 g/mol. The van der Waals surface area contributed by atoms with Gasteiger partial charge in [-0.25, -0.2) is 9.37 Å². The second-order valence-corrected chi connectivity index (χ2v) is 3.80. The number of halogens is 1. The van der Waals surface area contributed by atoms with Crippen LogP contribution in [0.25, 0.3) is 11.3 Å². The van der Waals surface area contributed by atoms with E-state index in [9.17, 15) is 4.39 Å². The van der Waals surface area contributed by atoms with E-state index in [-0.39, 0.29) is 5.82 Å². The van der Waals surface area contributed by atoms with Crippen LogP contribution in [0, 0.1) is 5.82 Å². The summed E-state index contributed by atoms with van der Waals surface area (Å²) in [6.45, 7) is 2.03. The molecule has 2 aromatic heterocycles. The van der Waals surface area contributed by atoms with E-state index in [1.807, 2.05) is 0 Å². The lowest BCUT2D eigenvalue weighted by atomic mass is 10.2. The third-order valence-electron chi connectivity index (χ3n) is 2.42. The molecule has 5 nitrogen and oxygen atoms in total. The number of methoxy groups -OCH3 is 1. The van der Waals surface area contributed by atoms with Crippen molar-refractivity contribution in [3.8, 4) is 11.3 Å². The summed E-state index contributed by atoms with van der Waals surface area (Å²) in [5, 5.41) is 3.17. The number of imidazole rings is 1. The predicted octanol–water partition coefficient (Wildman–Crippen LogP) is 1.35. The normalized spacial score (nSPS) is 10.8. The summed E-state index contributed by atoms with van der Waals surface area (Å²) < 4.78 is 17.9. The molecule has 0 aliphatic heterocycles. The Hall–Kier alpha value is -1.79. The Morgan fingerprint density at radius 3 is 3.06 bits per heavy atom. The second-order valence-electron chi connectivity index (χ2n) is 3.80. The lowest BCUT2D eigenvalue weighted by molar-refractivity contribution is 0.199. The second kappa shape index (κ2) is 6.23. The molecule has 0 unspecified atom stereocenters. The van der Waals surface area contributed by atoms with E-state index in [0.29, 0.717) is 18.7 Å². The zero-order chi connectivity index (χ0) is 12.8. The molecule has 0 bridgehead atoms. The summed E-state index contributed by atoms with van der Waals surface area (Å²) in [5.41, 5.74) is 1.44. The average Bonchev–Trinajstić information content (AvgIpc) is 2.83. The molecule has 2 rings (SSSR count). The monoisotopic (exact) mass is 250 g/mol. The highest BCUT2D eigenvalue weighted by atomic mass is 19.1. The van der Waals surface area contributed by atoms with Crippen molar-refractivity contribution in [2.75, 3.05) is 20.3 Å². The standard InChI is InChI=1S/C12H15FN4O/c1-18-3-2-14-8-12-16-7-11(17-12)9-4-10(13)6-15-5-9/h4-7,14H,2-3,8H2,1H3,(H,16,17). The van der Waals surface area contributed by atoms with Gasteiger partial charge in [0.1, 0.15) is 11.6 Å². The van der Waals surface area contributed by atoms with E-state index < -0.39 is 0 Å². The third kappa shape index (κ3) is 3.35. The maximum absolute atomic E-state index is 13.0. The number of aromatic amines is 1. The van der Waals surface area contributed by atoms with Crippen LogP contribution < -0.4 is 5.32 Å². The molecule has 96 valence electrons. The molecule has 0 amide bonds. The van der Waals surface area contributed by atoms with Crippen molar-refractivity contribution in [2.24, 2.45) is 0 Å². The number of nitrogens with zero attached hydrogens (tertiary/aromatic N) is 2. The van der Waals surface area contributed by atoms with Gasteiger partial charge in [-0.3, -0.25) is 4.98 Å². The lowest BCUT2D eigenvalue weighted by Crippen LogP contribution is -2.19. The number of hydrogen-bond donors (Lipinski definition) is 2. The summed E-state index contributed by atoms with van der Waals surface area (Å²) >= 11 is 0. The van der Waals surface area contributed by atoms with Gasteiger partial charge < -0.3 is 15.0 Å². The van der Waals surface area contributed by atoms with Gasteiger partial charge >= 0.3 is 0 Å². The van der Waals surface area contributed by atoms with Crippen LogP contribution in [0.3, 0.4) is 0 Å². The van der Waals surface area contributed by atoms with Crippen molar-refractivity contribution >= 4 is 0 Å². The van der Waals surface area contributed by atoms with Gasteiger partial charge in [-0.05, 0) is 6.07 Å². The summed E-state index contributed by atoms with van der Waals surface area (Å²) in [5.74, 6) is 0.437. The topological polar surface area (TPSA) is 62.8 Å². The fourth-order valence-electron chi connectivity index (χ4n) is 1.54. The van der Waals surface area contributed by atoms with E-state index in [1.54, 1.807) is 19.5 Å². The molecular weight excluding hydrogens is 235 g/mol. The minimum absolute atomic E-state index is 0.359. The van der Waals surface area contributed by atoms with Gasteiger partial charge in [0.15, 0.2) is 0 Å². The summed E-state index contributed by atoms with van der Waals surface area (Å²) in [7, 11) is 1.66. The van der Waals surface area contributed by atoms with Gasteiger partial charge in [-0.2, -0.15) is 0 Å². The third-order valence-corrected chi connectivity index (χ3v) is 2.42. The molecule has 0 saturated heterocycles. The highest BCUT2D eigenvalue weighted by molar-refractivity contribution is 5.56. The van der Waals surface area contributed by atoms with Crippen molar-refractivity contribution in [2.45, 2.75) is 6.54 Å². The molecular formula is C12H15FN4O. The van der Waals surface area contributed by atoms with Crippen LogP contribution >= 0.6 is 0 Å². The summed E-state index contributed by atoms with van der Waals surface area (Å²) in [6, 6.07) is 1.42. The van der Waals surface area contributed by atoms with Gasteiger partial charge in [0, 0.05) is 25.4 Å². The molecule has 2 aromatic rings. The van der Waals surface area contributed by atoms with E-state index in [1.165, 1.54) is 12.3 Å². The van der Waals surface area contributed by atoms with Crippen molar-refractivity contribution in [3.05, 3.63) is 36.3 Å². The Bertz CT molecular complexity index is 500. The van der Waals surface area contributed by atoms with Gasteiger partial charge in [0.2, 0.25) is 0 Å². The van der Waals surface area contributed by atoms with Crippen molar-refractivity contribution in [1.82, 2.24) is 20.3 Å². The maximum atomic E-state index is 13.0. The molecule has 2 N–H and O–H groups in total. The minimum atomic E-state index is -0.359. The van der Waals surface area contributed by atoms with Crippen LogP contribution in [0.5, 0.6) is 0 Å². The maximum Gasteiger partial charge on any atom is 0.142 e. The highest BCUT2D eigenvalue weighted by Crippen LogP contribution is 2.16. The van der Waals surface area contributed by atoms with Gasteiger partial charge in [-0.1, -0.05) is 0 Å². The van der Waals surface area contributed by atoms with Crippen LogP contribution in [-0.2, 0) is 11.3 Å². The molecule has 0 saturated carbocycles. The Kier molecular flexibility index (Phi) is 4.38. The largest absolute Gasteiger partial charge is 0.383 e. The Labute approximate surface area is 104 Å². The highest BCUT2D eigenvalue weighted by Gasteiger charge is 2.04. The quantitative estimate of drug-likeness (QED) is 0.760. The van der Waals surface area contributed by atoms with E-state index >= 15 is 0 Å². The van der Waals surface area contributed by atoms with Crippen LogP contribution in [0.4, 0.5) is 4.39 Å². The van der Waals surface area contributed by atoms with Crippen molar-refractivity contribution < 1.29 is 9.13 Å². The van der Waals surface area contributed by atoms with Crippen LogP contribution in [0.1, 0.15) is 5.82 Å². The first kappa shape index (κ1) is 12.7. The number of aromatic nitrogens is 3. The number of nitrogens with one attached hydrogen (secondary N) is 2. The first-order valence-corrected chi connectivity index (χ1v) is 5.64. The lowest BCUT2D eigenvalue weighted by Gasteiger charge is -2.01. The summed E-state index contributed by atoms with van der Waals surface area (Å²) in [4.78, 5) is 11.1. The predicted molar refractivity (Wildman–Crippen MR) is 65.4 cm³/mol. The molecule has 0 fully saturated rings. The fourth-order valence-corrected chi connectivity index (χ4v) is 1.54. The Morgan fingerprint density at radius 2 is 2.28 bits per heavy atom. The van der Waals surface area contributed by atoms with Crippen LogP contribution in [-0.4, -0.2) is 35.2 Å². The number of rotatable bonds is 6. The molecule has 0 aliphatic carbocycles. The SMILES string of the molecule is COCCNCc1ncc(-c2cncc(F)c2)[nH]1. The van der Waals surface area contributed by atoms with E-state index in [4.69, 9.17) is 4.74 Å². The number of hydrogen-bond acceptors (Lipinski definition) is 4. The smallest absolute Gasteiger partial charge is 0.142 e. The van der Waals surface area contributed by atoms with E-state index in [0.717, 1.165) is 18.1 Å². The van der Waals surface area contributed by atoms with Crippen LogP contribution in [0.2, 0.25) is 0 Å². The Balaban J connectivity index is 1.97. The molecule has 2 heterocycles. The van der Waals surface area contributed by atoms with Crippen molar-refractivity contribution in [1.29, 1.82) is 0 Å². The van der Waals surface area contributed by atoms with E-state index in [2.05, 4.69) is 20.3 Å². The zero-order valence-electron chi connectivity index (χ0n) is 10.1. The van der Waals surface area contributed by atoms with Gasteiger partial charge in [-0.15, -0.1) is 0 Å².